The van der Waals surface area contributed by atoms with E-state index in [1.807, 2.05) is 80.6 Å². The van der Waals surface area contributed by atoms with Crippen molar-refractivity contribution in [1.29, 1.82) is 0 Å². The molecule has 40 heavy (non-hydrogen) atoms. The molecule has 1 aromatic heterocycles. The molecule has 214 valence electrons. The monoisotopic (exact) mass is 565 g/mol. The van der Waals surface area contributed by atoms with Gasteiger partial charge in [0.15, 0.2) is 17.2 Å². The van der Waals surface area contributed by atoms with Crippen molar-refractivity contribution in [3.63, 3.8) is 0 Å². The minimum atomic E-state index is -0.687. The lowest BCUT2D eigenvalue weighted by molar-refractivity contribution is -0.121. The van der Waals surface area contributed by atoms with E-state index < -0.39 is 6.04 Å². The molecule has 0 fully saturated rings. The number of hydrogen-bond acceptors (Lipinski definition) is 8. The van der Waals surface area contributed by atoms with Crippen molar-refractivity contribution in [2.24, 2.45) is 16.0 Å². The fourth-order valence-corrected chi connectivity index (χ4v) is 4.36. The first-order chi connectivity index (χ1) is 19.5. The number of furan rings is 1. The van der Waals surface area contributed by atoms with E-state index in [9.17, 15) is 4.79 Å². The third-order valence-corrected chi connectivity index (χ3v) is 6.22. The van der Waals surface area contributed by atoms with Crippen LogP contribution in [-0.4, -0.2) is 24.9 Å². The number of carbonyl (C=O) groups excluding carboxylic acids is 1. The molecule has 0 saturated carbocycles. The first-order valence-electron chi connectivity index (χ1n) is 13.4. The molecule has 0 bridgehead atoms. The number of nitrogens with zero attached hydrogens (tertiary/aromatic N) is 1. The van der Waals surface area contributed by atoms with Crippen LogP contribution in [0.2, 0.25) is 0 Å². The predicted octanol–water partition coefficient (Wildman–Crippen LogP) is 5.43. The molecule has 0 spiro atoms. The van der Waals surface area contributed by atoms with Crippen LogP contribution in [0.5, 0.6) is 5.75 Å². The van der Waals surface area contributed by atoms with Gasteiger partial charge in [-0.1, -0.05) is 67.6 Å². The molecule has 1 atom stereocenters. The van der Waals surface area contributed by atoms with Crippen molar-refractivity contribution in [3.8, 4) is 5.75 Å². The molecule has 9 nitrogen and oxygen atoms in total. The maximum absolute atomic E-state index is 13.0. The van der Waals surface area contributed by atoms with Crippen molar-refractivity contribution in [2.45, 2.75) is 52.7 Å². The van der Waals surface area contributed by atoms with Crippen LogP contribution >= 0.6 is 12.1 Å². The molecule has 0 aliphatic heterocycles. The summed E-state index contributed by atoms with van der Waals surface area (Å²) in [4.78, 5) is 18.4. The van der Waals surface area contributed by atoms with Gasteiger partial charge in [0.05, 0.1) is 6.61 Å². The van der Waals surface area contributed by atoms with Gasteiger partial charge in [-0.15, -0.1) is 0 Å². The van der Waals surface area contributed by atoms with Crippen molar-refractivity contribution in [1.82, 2.24) is 10.0 Å². The van der Waals surface area contributed by atoms with Gasteiger partial charge in [-0.2, -0.15) is 0 Å². The molecule has 3 aromatic rings. The SMILES string of the molecule is CC/C=C(\C=C/CNC(C(=O)NSN)c1cc(OCC)c2oc(CCC)cc2c1)C(/N)=N/OCc1ccccc1. The quantitative estimate of drug-likeness (QED) is 0.0593. The van der Waals surface area contributed by atoms with E-state index in [1.54, 1.807) is 0 Å². The number of allylic oxidation sites excluding steroid dienone is 1. The molecule has 0 aliphatic rings. The van der Waals surface area contributed by atoms with Gasteiger partial charge in [0.2, 0.25) is 0 Å². The van der Waals surface area contributed by atoms with Gasteiger partial charge >= 0.3 is 0 Å². The second-order valence-corrected chi connectivity index (χ2v) is 9.40. The fraction of sp³-hybridized carbons (Fsp3) is 0.333. The van der Waals surface area contributed by atoms with E-state index in [1.165, 1.54) is 0 Å². The summed E-state index contributed by atoms with van der Waals surface area (Å²) < 4.78 is 14.5. The number of nitrogens with two attached hydrogens (primary N) is 2. The zero-order valence-corrected chi connectivity index (χ0v) is 24.1. The Kier molecular flexibility index (Phi) is 12.6. The number of ether oxygens (including phenoxy) is 1. The number of oxime groups is 1. The molecular formula is C30H39N5O4S. The number of amidine groups is 1. The van der Waals surface area contributed by atoms with E-state index in [2.05, 4.69) is 22.1 Å². The van der Waals surface area contributed by atoms with Crippen LogP contribution in [0.4, 0.5) is 0 Å². The Bertz CT molecular complexity index is 1320. The third-order valence-electron chi connectivity index (χ3n) is 5.90. The summed E-state index contributed by atoms with van der Waals surface area (Å²) in [5.41, 5.74) is 9.34. The van der Waals surface area contributed by atoms with Gasteiger partial charge in [-0.25, -0.2) is 0 Å². The standard InChI is InChI=1S/C30H39N5O4S/c1-4-11-22(29(31)34-38-20-21-13-8-7-9-14-21)15-10-16-33-27(30(36)35-40-32)23-17-24-18-25(12-5-2)39-28(24)26(19-23)37-6-3/h7-11,13-15,17-19,27,33H,4-6,12,16,20,32H2,1-3H3,(H2,31,34)(H,35,36)/b15-10-,22-11+. The first-order valence-corrected chi connectivity index (χ1v) is 14.3. The van der Waals surface area contributed by atoms with Gasteiger partial charge in [0, 0.05) is 36.1 Å². The third kappa shape index (κ3) is 8.90. The number of hydrogen-bond donors (Lipinski definition) is 4. The van der Waals surface area contributed by atoms with E-state index in [-0.39, 0.29) is 11.7 Å². The molecular weight excluding hydrogens is 526 g/mol. The molecule has 0 radical (unpaired) electrons. The highest BCUT2D eigenvalue weighted by Crippen LogP contribution is 2.33. The maximum atomic E-state index is 13.0. The summed E-state index contributed by atoms with van der Waals surface area (Å²) >= 11 is 0.759. The highest BCUT2D eigenvalue weighted by Gasteiger charge is 2.23. The Morgan fingerprint density at radius 3 is 2.67 bits per heavy atom. The average molecular weight is 566 g/mol. The number of rotatable bonds is 16. The Balaban J connectivity index is 1.76. The van der Waals surface area contributed by atoms with E-state index in [0.717, 1.165) is 59.2 Å². The molecule has 3 rings (SSSR count). The summed E-state index contributed by atoms with van der Waals surface area (Å²) in [5.74, 6) is 1.48. The Morgan fingerprint density at radius 2 is 1.98 bits per heavy atom. The number of fused-ring (bicyclic) bond motifs is 1. The van der Waals surface area contributed by atoms with Crippen LogP contribution in [0, 0.1) is 0 Å². The van der Waals surface area contributed by atoms with E-state index in [0.29, 0.717) is 31.1 Å². The molecule has 0 aliphatic carbocycles. The number of aryl methyl sites for hydroxylation is 1. The topological polar surface area (TPSA) is 137 Å². The minimum absolute atomic E-state index is 0.275. The van der Waals surface area contributed by atoms with Gasteiger partial charge in [0.25, 0.3) is 5.91 Å². The lowest BCUT2D eigenvalue weighted by atomic mass is 10.0. The predicted molar refractivity (Wildman–Crippen MR) is 162 cm³/mol. The van der Waals surface area contributed by atoms with Crippen LogP contribution in [-0.2, 0) is 22.7 Å². The van der Waals surface area contributed by atoms with Crippen LogP contribution in [0.25, 0.3) is 11.0 Å². The number of carbonyl (C=O) groups is 1. The van der Waals surface area contributed by atoms with E-state index in [4.69, 9.17) is 24.9 Å². The highest BCUT2D eigenvalue weighted by atomic mass is 32.2. The molecule has 1 heterocycles. The molecule has 6 N–H and O–H groups in total. The fourth-order valence-electron chi connectivity index (χ4n) is 4.13. The Morgan fingerprint density at radius 1 is 1.18 bits per heavy atom. The van der Waals surface area contributed by atoms with Gasteiger partial charge in [-0.05, 0) is 49.1 Å². The smallest absolute Gasteiger partial charge is 0.252 e. The normalized spacial score (nSPS) is 13.1. The Labute approximate surface area is 240 Å². The second kappa shape index (κ2) is 16.4. The lowest BCUT2D eigenvalue weighted by Gasteiger charge is -2.18. The van der Waals surface area contributed by atoms with Gasteiger partial charge in [0.1, 0.15) is 18.4 Å². The molecule has 1 unspecified atom stereocenters. The number of benzene rings is 2. The summed E-state index contributed by atoms with van der Waals surface area (Å²) in [6, 6.07) is 14.8. The zero-order valence-electron chi connectivity index (χ0n) is 23.3. The second-order valence-electron chi connectivity index (χ2n) is 8.96. The van der Waals surface area contributed by atoms with E-state index >= 15 is 0 Å². The minimum Gasteiger partial charge on any atom is -0.490 e. The number of nitrogens with one attached hydrogen (secondary N) is 2. The largest absolute Gasteiger partial charge is 0.490 e. The zero-order chi connectivity index (χ0) is 28.7. The summed E-state index contributed by atoms with van der Waals surface area (Å²) in [6.07, 6.45) is 8.26. The van der Waals surface area contributed by atoms with Crippen LogP contribution < -0.4 is 25.6 Å². The maximum Gasteiger partial charge on any atom is 0.252 e. The van der Waals surface area contributed by atoms with Crippen molar-refractivity contribution in [3.05, 3.63) is 89.2 Å². The van der Waals surface area contributed by atoms with Gasteiger partial charge in [-0.3, -0.25) is 20.0 Å². The summed E-state index contributed by atoms with van der Waals surface area (Å²) in [5, 5.41) is 13.8. The molecule has 10 heteroatoms. The van der Waals surface area contributed by atoms with Crippen LogP contribution in [0.1, 0.15) is 56.5 Å². The average Bonchev–Trinajstić information content (AvgIpc) is 3.36. The Hall–Kier alpha value is -3.73. The van der Waals surface area contributed by atoms with Crippen LogP contribution in [0.15, 0.2) is 81.9 Å². The molecule has 2 aromatic carbocycles. The number of amides is 1. The molecule has 1 amide bonds. The lowest BCUT2D eigenvalue weighted by Crippen LogP contribution is -2.35. The van der Waals surface area contributed by atoms with Crippen molar-refractivity contribution >= 4 is 34.8 Å². The summed E-state index contributed by atoms with van der Waals surface area (Å²) in [7, 11) is 0. The van der Waals surface area contributed by atoms with Crippen molar-refractivity contribution in [2.75, 3.05) is 13.2 Å². The summed E-state index contributed by atoms with van der Waals surface area (Å²) in [6.45, 7) is 7.20. The first kappa shape index (κ1) is 30.8. The van der Waals surface area contributed by atoms with Gasteiger partial charge < -0.3 is 19.7 Å². The molecule has 0 saturated heterocycles. The highest BCUT2D eigenvalue weighted by molar-refractivity contribution is 7.95. The van der Waals surface area contributed by atoms with Crippen molar-refractivity contribution < 1.29 is 18.8 Å². The van der Waals surface area contributed by atoms with Crippen LogP contribution in [0.3, 0.4) is 0 Å².